The lowest BCUT2D eigenvalue weighted by Gasteiger charge is -2.17. The monoisotopic (exact) mass is 385 g/mol. The van der Waals surface area contributed by atoms with Crippen molar-refractivity contribution in [3.05, 3.63) is 77.4 Å². The van der Waals surface area contributed by atoms with E-state index < -0.39 is 5.54 Å². The highest BCUT2D eigenvalue weighted by Gasteiger charge is 2.35. The molecule has 5 nitrogen and oxygen atoms in total. The Bertz CT molecular complexity index is 861. The molecule has 2 aromatic carbocycles. The van der Waals surface area contributed by atoms with Gasteiger partial charge in [-0.25, -0.2) is 0 Å². The Morgan fingerprint density at radius 3 is 2.48 bits per heavy atom. The number of benzene rings is 2. The fourth-order valence-electron chi connectivity index (χ4n) is 3.49. The zero-order chi connectivity index (χ0) is 17.8. The smallest absolute Gasteiger partial charge is 0.264 e. The summed E-state index contributed by atoms with van der Waals surface area (Å²) in [6, 6.07) is 18.4. The molecule has 0 amide bonds. The van der Waals surface area contributed by atoms with Crippen molar-refractivity contribution in [1.29, 1.82) is 0 Å². The molecule has 1 saturated carbocycles. The first-order valence-electron chi connectivity index (χ1n) is 9.09. The van der Waals surface area contributed by atoms with E-state index in [1.807, 2.05) is 36.4 Å². The summed E-state index contributed by atoms with van der Waals surface area (Å²) in [5, 5.41) is 4.08. The predicted octanol–water partition coefficient (Wildman–Crippen LogP) is 4.39. The van der Waals surface area contributed by atoms with Crippen LogP contribution in [0.3, 0.4) is 0 Å². The normalized spacial score (nSPS) is 15.3. The molecule has 6 heteroatoms. The quantitative estimate of drug-likeness (QED) is 0.681. The Balaban J connectivity index is 0.00000210. The standard InChI is InChI=1S/C21H23N3O2.ClH/c22-21(12-6-7-13-21)20-23-19(26-24-20)15-25-18-11-5-4-10-17(18)14-16-8-2-1-3-9-16;/h1-5,8-11H,6-7,12-15,22H2;1H. The number of para-hydroxylation sites is 1. The number of nitrogens with zero attached hydrogens (tertiary/aromatic N) is 2. The summed E-state index contributed by atoms with van der Waals surface area (Å²) >= 11 is 0. The molecule has 1 aromatic heterocycles. The van der Waals surface area contributed by atoms with Crippen LogP contribution in [0.2, 0.25) is 0 Å². The van der Waals surface area contributed by atoms with Crippen LogP contribution in [0.1, 0.15) is 48.5 Å². The summed E-state index contributed by atoms with van der Waals surface area (Å²) in [4.78, 5) is 4.46. The van der Waals surface area contributed by atoms with Crippen LogP contribution in [0.5, 0.6) is 5.75 Å². The molecule has 3 aromatic rings. The van der Waals surface area contributed by atoms with Crippen LogP contribution < -0.4 is 10.5 Å². The van der Waals surface area contributed by atoms with Gasteiger partial charge in [0.25, 0.3) is 5.89 Å². The second-order valence-corrected chi connectivity index (χ2v) is 6.93. The molecular formula is C21H24ClN3O2. The number of hydrogen-bond donors (Lipinski definition) is 1. The first kappa shape index (κ1) is 19.4. The highest BCUT2D eigenvalue weighted by molar-refractivity contribution is 5.85. The summed E-state index contributed by atoms with van der Waals surface area (Å²) in [6.07, 6.45) is 4.87. The van der Waals surface area contributed by atoms with Gasteiger partial charge in [0.1, 0.15) is 5.75 Å². The maximum Gasteiger partial charge on any atom is 0.264 e. The van der Waals surface area contributed by atoms with E-state index in [0.717, 1.165) is 43.4 Å². The number of halogens is 1. The van der Waals surface area contributed by atoms with E-state index in [1.54, 1.807) is 0 Å². The van der Waals surface area contributed by atoms with Gasteiger partial charge in [0.15, 0.2) is 12.4 Å². The average Bonchev–Trinajstić information content (AvgIpc) is 3.32. The summed E-state index contributed by atoms with van der Waals surface area (Å²) in [6.45, 7) is 0.245. The minimum Gasteiger partial charge on any atom is -0.483 e. The Hall–Kier alpha value is -2.37. The van der Waals surface area contributed by atoms with Crippen molar-refractivity contribution in [1.82, 2.24) is 10.1 Å². The summed E-state index contributed by atoms with van der Waals surface area (Å²) in [7, 11) is 0. The van der Waals surface area contributed by atoms with E-state index in [-0.39, 0.29) is 19.0 Å². The molecular weight excluding hydrogens is 362 g/mol. The van der Waals surface area contributed by atoms with Gasteiger partial charge in [-0.1, -0.05) is 66.5 Å². The van der Waals surface area contributed by atoms with Gasteiger partial charge in [0, 0.05) is 6.42 Å². The largest absolute Gasteiger partial charge is 0.483 e. The molecule has 1 fully saturated rings. The third kappa shape index (κ3) is 4.49. The zero-order valence-electron chi connectivity index (χ0n) is 15.1. The molecule has 0 saturated heterocycles. The Labute approximate surface area is 165 Å². The molecule has 2 N–H and O–H groups in total. The lowest BCUT2D eigenvalue weighted by atomic mass is 9.99. The fourth-order valence-corrected chi connectivity index (χ4v) is 3.49. The van der Waals surface area contributed by atoms with Gasteiger partial charge in [0.2, 0.25) is 0 Å². The molecule has 27 heavy (non-hydrogen) atoms. The Kier molecular flexibility index (Phi) is 6.14. The van der Waals surface area contributed by atoms with Crippen LogP contribution in [0.15, 0.2) is 59.1 Å². The number of ether oxygens (including phenoxy) is 1. The first-order valence-corrected chi connectivity index (χ1v) is 9.09. The van der Waals surface area contributed by atoms with E-state index in [9.17, 15) is 0 Å². The maximum atomic E-state index is 6.39. The van der Waals surface area contributed by atoms with Gasteiger partial charge in [-0.15, -0.1) is 12.4 Å². The fraction of sp³-hybridized carbons (Fsp3) is 0.333. The molecule has 1 aliphatic carbocycles. The van der Waals surface area contributed by atoms with Crippen LogP contribution >= 0.6 is 12.4 Å². The Morgan fingerprint density at radius 2 is 1.70 bits per heavy atom. The summed E-state index contributed by atoms with van der Waals surface area (Å²) in [5.74, 6) is 1.90. The highest BCUT2D eigenvalue weighted by Crippen LogP contribution is 2.34. The van der Waals surface area contributed by atoms with Crippen molar-refractivity contribution in [2.45, 2.75) is 44.2 Å². The van der Waals surface area contributed by atoms with Crippen molar-refractivity contribution >= 4 is 12.4 Å². The minimum atomic E-state index is -0.438. The van der Waals surface area contributed by atoms with Gasteiger partial charge in [-0.3, -0.25) is 0 Å². The number of hydrogen-bond acceptors (Lipinski definition) is 5. The zero-order valence-corrected chi connectivity index (χ0v) is 16.0. The summed E-state index contributed by atoms with van der Waals surface area (Å²) in [5.41, 5.74) is 8.32. The highest BCUT2D eigenvalue weighted by atomic mass is 35.5. The third-order valence-corrected chi connectivity index (χ3v) is 4.97. The molecule has 0 aliphatic heterocycles. The van der Waals surface area contributed by atoms with Crippen LogP contribution in [-0.4, -0.2) is 10.1 Å². The van der Waals surface area contributed by atoms with Crippen molar-refractivity contribution in [2.24, 2.45) is 5.73 Å². The summed E-state index contributed by atoms with van der Waals surface area (Å²) < 4.78 is 11.3. The van der Waals surface area contributed by atoms with Gasteiger partial charge in [0.05, 0.1) is 5.54 Å². The van der Waals surface area contributed by atoms with Crippen molar-refractivity contribution in [3.63, 3.8) is 0 Å². The SMILES string of the molecule is Cl.NC1(c2noc(COc3ccccc3Cc3ccccc3)n2)CCCC1. The third-order valence-electron chi connectivity index (χ3n) is 4.97. The van der Waals surface area contributed by atoms with Gasteiger partial charge in [-0.2, -0.15) is 4.98 Å². The molecule has 0 atom stereocenters. The first-order chi connectivity index (χ1) is 12.7. The van der Waals surface area contributed by atoms with Crippen LogP contribution in [0.25, 0.3) is 0 Å². The molecule has 1 heterocycles. The van der Waals surface area contributed by atoms with Crippen molar-refractivity contribution in [3.8, 4) is 5.75 Å². The molecule has 0 bridgehead atoms. The molecule has 0 spiro atoms. The van der Waals surface area contributed by atoms with Crippen LogP contribution in [0.4, 0.5) is 0 Å². The van der Waals surface area contributed by atoms with Crippen LogP contribution in [0, 0.1) is 0 Å². The number of nitrogens with two attached hydrogens (primary N) is 1. The van der Waals surface area contributed by atoms with Crippen LogP contribution in [-0.2, 0) is 18.6 Å². The van der Waals surface area contributed by atoms with Crippen molar-refractivity contribution in [2.75, 3.05) is 0 Å². The maximum absolute atomic E-state index is 6.39. The molecule has 0 unspecified atom stereocenters. The molecule has 4 rings (SSSR count). The van der Waals surface area contributed by atoms with E-state index in [4.69, 9.17) is 15.0 Å². The topological polar surface area (TPSA) is 74.2 Å². The second-order valence-electron chi connectivity index (χ2n) is 6.93. The number of aromatic nitrogens is 2. The van der Waals surface area contributed by atoms with Gasteiger partial charge < -0.3 is 15.0 Å². The van der Waals surface area contributed by atoms with Gasteiger partial charge in [-0.05, 0) is 30.0 Å². The van der Waals surface area contributed by atoms with E-state index >= 15 is 0 Å². The van der Waals surface area contributed by atoms with E-state index in [0.29, 0.717) is 11.7 Å². The Morgan fingerprint density at radius 1 is 1.00 bits per heavy atom. The molecule has 142 valence electrons. The lowest BCUT2D eigenvalue weighted by molar-refractivity contribution is 0.240. The molecule has 1 aliphatic rings. The molecule has 0 radical (unpaired) electrons. The minimum absolute atomic E-state index is 0. The second kappa shape index (κ2) is 8.55. The lowest BCUT2D eigenvalue weighted by Crippen LogP contribution is -2.34. The predicted molar refractivity (Wildman–Crippen MR) is 106 cm³/mol. The average molecular weight is 386 g/mol. The van der Waals surface area contributed by atoms with Crippen molar-refractivity contribution < 1.29 is 9.26 Å². The van der Waals surface area contributed by atoms with E-state index in [2.05, 4.69) is 28.3 Å². The van der Waals surface area contributed by atoms with E-state index in [1.165, 1.54) is 5.56 Å². The number of rotatable bonds is 6. The van der Waals surface area contributed by atoms with Gasteiger partial charge >= 0.3 is 0 Å².